The zero-order chi connectivity index (χ0) is 19.7. The molecule has 0 aliphatic carbocycles. The maximum Gasteiger partial charge on any atom is 0.263 e. The van der Waals surface area contributed by atoms with E-state index in [9.17, 15) is 9.59 Å². The number of carbonyl (C=O) groups is 2. The van der Waals surface area contributed by atoms with Crippen molar-refractivity contribution in [3.63, 3.8) is 0 Å². The Morgan fingerprint density at radius 2 is 1.78 bits per heavy atom. The Kier molecular flexibility index (Phi) is 6.18. The molecule has 2 amide bonds. The monoisotopic (exact) mass is 460 g/mol. The van der Waals surface area contributed by atoms with Gasteiger partial charge in [-0.1, -0.05) is 52.5 Å². The van der Waals surface area contributed by atoms with Gasteiger partial charge < -0.3 is 10.6 Å². The highest BCUT2D eigenvalue weighted by atomic mass is 35.5. The molecule has 0 saturated heterocycles. The topological polar surface area (TPSA) is 58.2 Å². The van der Waals surface area contributed by atoms with Crippen LogP contribution in [0.15, 0.2) is 30.3 Å². The fourth-order valence-corrected chi connectivity index (χ4v) is 4.85. The van der Waals surface area contributed by atoms with Gasteiger partial charge in [0.1, 0.15) is 4.88 Å². The minimum Gasteiger partial charge on any atom is -0.342 e. The predicted octanol–water partition coefficient (Wildman–Crippen LogP) is 6.19. The largest absolute Gasteiger partial charge is 0.342 e. The second-order valence-corrected chi connectivity index (χ2v) is 8.38. The number of nitrogens with one attached hydrogen (secondary N) is 2. The average molecular weight is 462 g/mol. The molecular formula is C18H12Cl4N2O2S. The highest BCUT2D eigenvalue weighted by molar-refractivity contribution is 7.21. The molecule has 2 aromatic carbocycles. The van der Waals surface area contributed by atoms with Gasteiger partial charge >= 0.3 is 0 Å². The smallest absolute Gasteiger partial charge is 0.263 e. The van der Waals surface area contributed by atoms with Gasteiger partial charge in [-0.25, -0.2) is 0 Å². The summed E-state index contributed by atoms with van der Waals surface area (Å²) in [6, 6.07) is 8.42. The number of carbonyl (C=O) groups excluding carboxylic acids is 2. The number of halogens is 4. The fourth-order valence-electron chi connectivity index (χ4n) is 2.37. The summed E-state index contributed by atoms with van der Waals surface area (Å²) >= 11 is 25.6. The van der Waals surface area contributed by atoms with Gasteiger partial charge in [0.25, 0.3) is 5.91 Å². The van der Waals surface area contributed by atoms with Crippen LogP contribution in [0.4, 0.5) is 5.69 Å². The van der Waals surface area contributed by atoms with Crippen molar-refractivity contribution < 1.29 is 9.59 Å². The second-order valence-electron chi connectivity index (χ2n) is 5.70. The molecule has 3 aromatic rings. The average Bonchev–Trinajstić information content (AvgIpc) is 2.93. The van der Waals surface area contributed by atoms with Crippen molar-refractivity contribution in [3.05, 3.63) is 60.9 Å². The van der Waals surface area contributed by atoms with E-state index >= 15 is 0 Å². The third-order valence-corrected chi connectivity index (χ3v) is 6.27. The molecular weight excluding hydrogens is 450 g/mol. The van der Waals surface area contributed by atoms with Gasteiger partial charge in [-0.3, -0.25) is 9.59 Å². The first-order valence-corrected chi connectivity index (χ1v) is 10.0. The summed E-state index contributed by atoms with van der Waals surface area (Å²) in [5.74, 6) is -0.855. The number of rotatable bonds is 4. The van der Waals surface area contributed by atoms with E-state index in [1.807, 2.05) is 6.92 Å². The van der Waals surface area contributed by atoms with Crippen molar-refractivity contribution in [2.24, 2.45) is 0 Å². The molecule has 0 bridgehead atoms. The quantitative estimate of drug-likeness (QED) is 0.486. The van der Waals surface area contributed by atoms with E-state index in [0.29, 0.717) is 30.8 Å². The van der Waals surface area contributed by atoms with Crippen LogP contribution in [0.25, 0.3) is 10.1 Å². The number of anilines is 1. The molecule has 4 nitrogen and oxygen atoms in total. The summed E-state index contributed by atoms with van der Waals surface area (Å²) in [6.45, 7) is 1.64. The molecule has 0 unspecified atom stereocenters. The van der Waals surface area contributed by atoms with E-state index < -0.39 is 5.91 Å². The molecule has 0 aliphatic heterocycles. The normalized spacial score (nSPS) is 10.9. The number of aryl methyl sites for hydroxylation is 1. The molecule has 1 heterocycles. The fraction of sp³-hybridized carbons (Fsp3) is 0.111. The molecule has 0 spiro atoms. The van der Waals surface area contributed by atoms with Crippen LogP contribution in [-0.4, -0.2) is 18.4 Å². The Hall–Kier alpha value is -1.50. The Morgan fingerprint density at radius 3 is 2.48 bits per heavy atom. The summed E-state index contributed by atoms with van der Waals surface area (Å²) in [6.07, 6.45) is 0. The molecule has 2 N–H and O–H groups in total. The first kappa shape index (κ1) is 20.2. The molecule has 1 aromatic heterocycles. The lowest BCUT2D eigenvalue weighted by Crippen LogP contribution is -2.32. The number of thiophene rings is 1. The lowest BCUT2D eigenvalue weighted by Gasteiger charge is -2.08. The highest BCUT2D eigenvalue weighted by Gasteiger charge is 2.20. The molecule has 9 heteroatoms. The first-order valence-electron chi connectivity index (χ1n) is 7.67. The molecule has 0 saturated carbocycles. The Morgan fingerprint density at radius 1 is 1.04 bits per heavy atom. The summed E-state index contributed by atoms with van der Waals surface area (Å²) in [5.41, 5.74) is 1.45. The lowest BCUT2D eigenvalue weighted by atomic mass is 10.2. The van der Waals surface area contributed by atoms with Gasteiger partial charge in [0.05, 0.1) is 16.6 Å². The molecule has 0 radical (unpaired) electrons. The van der Waals surface area contributed by atoms with Crippen LogP contribution in [0.5, 0.6) is 0 Å². The van der Waals surface area contributed by atoms with Crippen LogP contribution in [0.2, 0.25) is 20.1 Å². The van der Waals surface area contributed by atoms with Crippen LogP contribution >= 0.6 is 57.7 Å². The number of benzene rings is 2. The van der Waals surface area contributed by atoms with Gasteiger partial charge in [0, 0.05) is 25.8 Å². The molecule has 0 fully saturated rings. The van der Waals surface area contributed by atoms with Gasteiger partial charge in [-0.15, -0.1) is 11.3 Å². The lowest BCUT2D eigenvalue weighted by molar-refractivity contribution is -0.115. The SMILES string of the molecule is Cc1ccc(NC(=O)CNC(=O)c2sc3cc(Cl)cc(Cl)c3c2Cl)cc1Cl. The summed E-state index contributed by atoms with van der Waals surface area (Å²) < 4.78 is 0.696. The third-order valence-electron chi connectivity index (χ3n) is 3.72. The molecule has 27 heavy (non-hydrogen) atoms. The van der Waals surface area contributed by atoms with Crippen molar-refractivity contribution >= 4 is 85.3 Å². The molecule has 3 rings (SSSR count). The summed E-state index contributed by atoms with van der Waals surface area (Å²) in [5, 5.41) is 7.38. The van der Waals surface area contributed by atoms with Gasteiger partial charge in [0.2, 0.25) is 5.91 Å². The third kappa shape index (κ3) is 4.50. The van der Waals surface area contributed by atoms with Gasteiger partial charge in [-0.05, 0) is 36.8 Å². The molecule has 140 valence electrons. The van der Waals surface area contributed by atoms with E-state index in [0.717, 1.165) is 16.9 Å². The second kappa shape index (κ2) is 8.25. The number of amides is 2. The predicted molar refractivity (Wildman–Crippen MR) is 114 cm³/mol. The van der Waals surface area contributed by atoms with Crippen molar-refractivity contribution in [1.82, 2.24) is 5.32 Å². The van der Waals surface area contributed by atoms with Crippen molar-refractivity contribution in [3.8, 4) is 0 Å². The van der Waals surface area contributed by atoms with Crippen LogP contribution in [0.1, 0.15) is 15.2 Å². The molecule has 0 atom stereocenters. The van der Waals surface area contributed by atoms with E-state index in [4.69, 9.17) is 46.4 Å². The molecule has 0 aliphatic rings. The van der Waals surface area contributed by atoms with E-state index in [1.54, 1.807) is 30.3 Å². The number of hydrogen-bond acceptors (Lipinski definition) is 3. The maximum atomic E-state index is 12.4. The van der Waals surface area contributed by atoms with Crippen LogP contribution in [0, 0.1) is 6.92 Å². The van der Waals surface area contributed by atoms with Crippen molar-refractivity contribution in [2.45, 2.75) is 6.92 Å². The zero-order valence-electron chi connectivity index (χ0n) is 13.8. The van der Waals surface area contributed by atoms with Gasteiger partial charge in [-0.2, -0.15) is 0 Å². The van der Waals surface area contributed by atoms with Crippen LogP contribution in [-0.2, 0) is 4.79 Å². The van der Waals surface area contributed by atoms with E-state index in [1.165, 1.54) is 0 Å². The number of hydrogen-bond donors (Lipinski definition) is 2. The standard InChI is InChI=1S/C18H12Cl4N2O2S/c1-8-2-3-10(6-11(8)20)24-14(25)7-23-18(26)17-16(22)15-12(21)4-9(19)5-13(15)27-17/h2-6H,7H2,1H3,(H,23,26)(H,24,25). The Balaban J connectivity index is 1.69. The van der Waals surface area contributed by atoms with E-state index in [-0.39, 0.29) is 22.4 Å². The van der Waals surface area contributed by atoms with Gasteiger partial charge in [0.15, 0.2) is 0 Å². The minimum atomic E-state index is -0.467. The Bertz CT molecular complexity index is 1070. The maximum absolute atomic E-state index is 12.4. The number of fused-ring (bicyclic) bond motifs is 1. The van der Waals surface area contributed by atoms with Crippen molar-refractivity contribution in [2.75, 3.05) is 11.9 Å². The van der Waals surface area contributed by atoms with Crippen molar-refractivity contribution in [1.29, 1.82) is 0 Å². The summed E-state index contributed by atoms with van der Waals surface area (Å²) in [7, 11) is 0. The highest BCUT2D eigenvalue weighted by Crippen LogP contribution is 2.41. The Labute approximate surface area is 179 Å². The minimum absolute atomic E-state index is 0.219. The van der Waals surface area contributed by atoms with Crippen LogP contribution < -0.4 is 10.6 Å². The summed E-state index contributed by atoms with van der Waals surface area (Å²) in [4.78, 5) is 24.8. The van der Waals surface area contributed by atoms with E-state index in [2.05, 4.69) is 10.6 Å². The zero-order valence-corrected chi connectivity index (χ0v) is 17.7. The van der Waals surface area contributed by atoms with Crippen LogP contribution in [0.3, 0.4) is 0 Å². The first-order chi connectivity index (χ1) is 12.8.